The Labute approximate surface area is 135 Å². The predicted octanol–water partition coefficient (Wildman–Crippen LogP) is 3.50. The molecule has 0 unspecified atom stereocenters. The second-order valence-corrected chi connectivity index (χ2v) is 6.76. The van der Waals surface area contributed by atoms with Gasteiger partial charge in [-0.2, -0.15) is 5.10 Å². The highest BCUT2D eigenvalue weighted by molar-refractivity contribution is 5.91. The largest absolute Gasteiger partial charge is 0.361 e. The molecule has 2 saturated carbocycles. The normalized spacial score (nSPS) is 19.0. The van der Waals surface area contributed by atoms with Crippen LogP contribution in [0.25, 0.3) is 0 Å². The van der Waals surface area contributed by atoms with Crippen LogP contribution in [-0.4, -0.2) is 21.3 Å². The zero-order valence-corrected chi connectivity index (χ0v) is 13.2. The Morgan fingerprint density at radius 3 is 2.78 bits per heavy atom. The van der Waals surface area contributed by atoms with Crippen molar-refractivity contribution in [3.63, 3.8) is 0 Å². The molecule has 2 aliphatic carbocycles. The van der Waals surface area contributed by atoms with Crippen LogP contribution in [0.3, 0.4) is 0 Å². The van der Waals surface area contributed by atoms with E-state index in [4.69, 9.17) is 4.52 Å². The third-order valence-electron chi connectivity index (χ3n) is 4.82. The van der Waals surface area contributed by atoms with Gasteiger partial charge in [0.2, 0.25) is 5.91 Å². The van der Waals surface area contributed by atoms with Gasteiger partial charge in [-0.15, -0.1) is 0 Å². The number of carbonyl (C=O) groups excluding carboxylic acids is 1. The maximum atomic E-state index is 12.1. The number of amides is 1. The van der Waals surface area contributed by atoms with Crippen LogP contribution in [-0.2, 0) is 11.2 Å². The average Bonchev–Trinajstić information content (AvgIpc) is 3.14. The number of nitrogens with one attached hydrogen (secondary N) is 2. The lowest BCUT2D eigenvalue weighted by Crippen LogP contribution is -2.14. The van der Waals surface area contributed by atoms with E-state index in [2.05, 4.69) is 20.7 Å². The molecule has 2 fully saturated rings. The number of nitrogens with zero attached hydrogens (tertiary/aromatic N) is 2. The quantitative estimate of drug-likeness (QED) is 0.884. The number of aromatic amines is 1. The molecule has 6 nitrogen and oxygen atoms in total. The SMILES string of the molecule is O=C(Cc1cc(C2CC2)no1)Nc1cc(C2CCCCC2)[nH]n1. The van der Waals surface area contributed by atoms with Crippen LogP contribution >= 0.6 is 0 Å². The van der Waals surface area contributed by atoms with Gasteiger partial charge in [-0.05, 0) is 25.7 Å². The highest BCUT2D eigenvalue weighted by Crippen LogP contribution is 2.39. The van der Waals surface area contributed by atoms with E-state index in [1.54, 1.807) is 0 Å². The Hall–Kier alpha value is -2.11. The molecule has 0 atom stereocenters. The van der Waals surface area contributed by atoms with Crippen LogP contribution in [0, 0.1) is 0 Å². The summed E-state index contributed by atoms with van der Waals surface area (Å²) in [7, 11) is 0. The zero-order chi connectivity index (χ0) is 15.6. The van der Waals surface area contributed by atoms with E-state index >= 15 is 0 Å². The fraction of sp³-hybridized carbons (Fsp3) is 0.588. The van der Waals surface area contributed by atoms with E-state index in [0.29, 0.717) is 23.4 Å². The number of hydrogen-bond donors (Lipinski definition) is 2. The summed E-state index contributed by atoms with van der Waals surface area (Å²) in [5.74, 6) is 2.19. The maximum Gasteiger partial charge on any atom is 0.233 e. The van der Waals surface area contributed by atoms with E-state index in [1.807, 2.05) is 12.1 Å². The average molecular weight is 314 g/mol. The van der Waals surface area contributed by atoms with Crippen molar-refractivity contribution in [3.05, 3.63) is 29.3 Å². The lowest BCUT2D eigenvalue weighted by molar-refractivity contribution is -0.115. The Bertz CT molecular complexity index is 680. The zero-order valence-electron chi connectivity index (χ0n) is 13.2. The van der Waals surface area contributed by atoms with Crippen molar-refractivity contribution in [3.8, 4) is 0 Å². The van der Waals surface area contributed by atoms with Crippen LogP contribution in [0.4, 0.5) is 5.82 Å². The molecule has 0 bridgehead atoms. The van der Waals surface area contributed by atoms with Gasteiger partial charge in [-0.1, -0.05) is 24.4 Å². The molecular formula is C17H22N4O2. The fourth-order valence-corrected chi connectivity index (χ4v) is 3.35. The van der Waals surface area contributed by atoms with Gasteiger partial charge in [0.15, 0.2) is 5.82 Å². The van der Waals surface area contributed by atoms with Crippen molar-refractivity contribution in [2.75, 3.05) is 5.32 Å². The van der Waals surface area contributed by atoms with E-state index in [0.717, 1.165) is 11.4 Å². The first-order valence-corrected chi connectivity index (χ1v) is 8.58. The van der Waals surface area contributed by atoms with Crippen LogP contribution in [0.5, 0.6) is 0 Å². The van der Waals surface area contributed by atoms with Crippen LogP contribution in [0.15, 0.2) is 16.7 Å². The predicted molar refractivity (Wildman–Crippen MR) is 85.2 cm³/mol. The monoisotopic (exact) mass is 314 g/mol. The molecule has 0 aliphatic heterocycles. The summed E-state index contributed by atoms with van der Waals surface area (Å²) in [4.78, 5) is 12.1. The molecule has 0 radical (unpaired) electrons. The fourth-order valence-electron chi connectivity index (χ4n) is 3.35. The molecule has 1 amide bonds. The first kappa shape index (κ1) is 14.5. The maximum absolute atomic E-state index is 12.1. The number of hydrogen-bond acceptors (Lipinski definition) is 4. The smallest absolute Gasteiger partial charge is 0.233 e. The first-order chi connectivity index (χ1) is 11.3. The molecule has 0 aromatic carbocycles. The molecule has 4 rings (SSSR count). The molecule has 6 heteroatoms. The molecule has 2 aromatic rings. The first-order valence-electron chi connectivity index (χ1n) is 8.58. The Morgan fingerprint density at radius 2 is 2.00 bits per heavy atom. The van der Waals surface area contributed by atoms with Crippen LogP contribution in [0.2, 0.25) is 0 Å². The van der Waals surface area contributed by atoms with Gasteiger partial charge in [0.25, 0.3) is 0 Å². The summed E-state index contributed by atoms with van der Waals surface area (Å²) in [5.41, 5.74) is 2.11. The molecule has 2 N–H and O–H groups in total. The molecular weight excluding hydrogens is 292 g/mol. The number of carbonyl (C=O) groups is 1. The van der Waals surface area contributed by atoms with Crippen molar-refractivity contribution in [2.24, 2.45) is 0 Å². The van der Waals surface area contributed by atoms with Gasteiger partial charge in [-0.3, -0.25) is 9.89 Å². The van der Waals surface area contributed by atoms with E-state index in [9.17, 15) is 4.79 Å². The van der Waals surface area contributed by atoms with Crippen molar-refractivity contribution in [1.82, 2.24) is 15.4 Å². The van der Waals surface area contributed by atoms with Crippen molar-refractivity contribution in [1.29, 1.82) is 0 Å². The van der Waals surface area contributed by atoms with Gasteiger partial charge in [0.1, 0.15) is 5.76 Å². The van der Waals surface area contributed by atoms with E-state index in [1.165, 1.54) is 44.9 Å². The molecule has 0 spiro atoms. The van der Waals surface area contributed by atoms with Gasteiger partial charge in [0, 0.05) is 29.7 Å². The topological polar surface area (TPSA) is 83.8 Å². The summed E-state index contributed by atoms with van der Waals surface area (Å²) in [6.45, 7) is 0. The third-order valence-corrected chi connectivity index (χ3v) is 4.82. The molecule has 0 saturated heterocycles. The lowest BCUT2D eigenvalue weighted by atomic mass is 9.87. The minimum Gasteiger partial charge on any atom is -0.361 e. The van der Waals surface area contributed by atoms with Crippen molar-refractivity contribution in [2.45, 2.75) is 63.2 Å². The number of rotatable bonds is 5. The summed E-state index contributed by atoms with van der Waals surface area (Å²) >= 11 is 0. The van der Waals surface area contributed by atoms with Gasteiger partial charge in [-0.25, -0.2) is 0 Å². The standard InChI is InChI=1S/C17H22N4O2/c22-17(9-13-8-15(21-23-13)12-6-7-12)18-16-10-14(19-20-16)11-4-2-1-3-5-11/h8,10-12H,1-7,9H2,(H2,18,19,20,22). The Balaban J connectivity index is 1.33. The number of anilines is 1. The summed E-state index contributed by atoms with van der Waals surface area (Å²) in [6.07, 6.45) is 8.85. The summed E-state index contributed by atoms with van der Waals surface area (Å²) in [5, 5.41) is 14.1. The van der Waals surface area contributed by atoms with Crippen LogP contribution in [0.1, 0.15) is 73.9 Å². The highest BCUT2D eigenvalue weighted by atomic mass is 16.5. The molecule has 2 aliphatic rings. The molecule has 2 heterocycles. The summed E-state index contributed by atoms with van der Waals surface area (Å²) < 4.78 is 5.24. The minimum atomic E-state index is -0.120. The second-order valence-electron chi connectivity index (χ2n) is 6.76. The number of H-pyrrole nitrogens is 1. The van der Waals surface area contributed by atoms with Crippen molar-refractivity contribution < 1.29 is 9.32 Å². The molecule has 122 valence electrons. The Morgan fingerprint density at radius 1 is 1.17 bits per heavy atom. The van der Waals surface area contributed by atoms with Gasteiger partial charge < -0.3 is 9.84 Å². The third kappa shape index (κ3) is 3.46. The van der Waals surface area contributed by atoms with E-state index < -0.39 is 0 Å². The molecule has 2 aromatic heterocycles. The van der Waals surface area contributed by atoms with E-state index in [-0.39, 0.29) is 12.3 Å². The van der Waals surface area contributed by atoms with Gasteiger partial charge in [0.05, 0.1) is 12.1 Å². The van der Waals surface area contributed by atoms with Crippen molar-refractivity contribution >= 4 is 11.7 Å². The molecule has 23 heavy (non-hydrogen) atoms. The Kier molecular flexibility index (Phi) is 3.89. The van der Waals surface area contributed by atoms with Crippen LogP contribution < -0.4 is 5.32 Å². The minimum absolute atomic E-state index is 0.120. The highest BCUT2D eigenvalue weighted by Gasteiger charge is 2.27. The second kappa shape index (κ2) is 6.18. The number of aromatic nitrogens is 3. The summed E-state index contributed by atoms with van der Waals surface area (Å²) in [6, 6.07) is 3.86. The van der Waals surface area contributed by atoms with Gasteiger partial charge >= 0.3 is 0 Å². The lowest BCUT2D eigenvalue weighted by Gasteiger charge is -2.19.